The summed E-state index contributed by atoms with van der Waals surface area (Å²) < 4.78 is 11.2. The van der Waals surface area contributed by atoms with Gasteiger partial charge in [-0.2, -0.15) is 0 Å². The van der Waals surface area contributed by atoms with Crippen LogP contribution in [-0.2, 0) is 10.8 Å². The lowest BCUT2D eigenvalue weighted by Crippen LogP contribution is -2.47. The molecule has 6 heteroatoms. The Hall–Kier alpha value is -0.620. The Morgan fingerprint density at radius 2 is 2.11 bits per heavy atom. The van der Waals surface area contributed by atoms with E-state index in [0.29, 0.717) is 18.5 Å². The van der Waals surface area contributed by atoms with Gasteiger partial charge in [-0.15, -0.1) is 0 Å². The standard InChI is InChI=1S/C12H26N4OS/c1-10(18(2)17)8-9-14-12(16-13)15-11-6-4-3-5-7-11/h10-11H,3-9,13H2,1-2H3,(H2,14,15,16). The zero-order valence-electron chi connectivity index (χ0n) is 11.4. The fraction of sp³-hybridized carbons (Fsp3) is 0.917. The molecule has 1 rings (SSSR count). The smallest absolute Gasteiger partial charge is 0.205 e. The van der Waals surface area contributed by atoms with Crippen LogP contribution in [0.2, 0.25) is 0 Å². The predicted octanol–water partition coefficient (Wildman–Crippen LogP) is 0.885. The molecule has 2 atom stereocenters. The van der Waals surface area contributed by atoms with Crippen molar-refractivity contribution in [3.63, 3.8) is 0 Å². The van der Waals surface area contributed by atoms with Gasteiger partial charge in [0.25, 0.3) is 0 Å². The van der Waals surface area contributed by atoms with Crippen LogP contribution in [0, 0.1) is 0 Å². The maximum atomic E-state index is 11.2. The molecule has 0 spiro atoms. The molecule has 0 bridgehead atoms. The molecule has 1 fully saturated rings. The van der Waals surface area contributed by atoms with E-state index in [9.17, 15) is 4.21 Å². The van der Waals surface area contributed by atoms with E-state index < -0.39 is 10.8 Å². The quantitative estimate of drug-likeness (QED) is 0.301. The highest BCUT2D eigenvalue weighted by Gasteiger charge is 2.14. The third kappa shape index (κ3) is 5.82. The van der Waals surface area contributed by atoms with E-state index >= 15 is 0 Å². The summed E-state index contributed by atoms with van der Waals surface area (Å²) in [6, 6.07) is 0.492. The zero-order valence-corrected chi connectivity index (χ0v) is 12.3. The van der Waals surface area contributed by atoms with Crippen molar-refractivity contribution in [2.45, 2.75) is 56.7 Å². The van der Waals surface area contributed by atoms with Gasteiger partial charge in [-0.3, -0.25) is 14.6 Å². The van der Waals surface area contributed by atoms with Crippen molar-refractivity contribution in [2.24, 2.45) is 10.8 Å². The summed E-state index contributed by atoms with van der Waals surface area (Å²) in [5.74, 6) is 6.13. The number of nitrogens with two attached hydrogens (primary N) is 1. The fourth-order valence-electron chi connectivity index (χ4n) is 2.10. The van der Waals surface area contributed by atoms with Gasteiger partial charge in [0.1, 0.15) is 0 Å². The Morgan fingerprint density at radius 1 is 1.44 bits per heavy atom. The maximum absolute atomic E-state index is 11.2. The number of nitrogens with one attached hydrogen (secondary N) is 2. The van der Waals surface area contributed by atoms with Crippen LogP contribution in [0.4, 0.5) is 0 Å². The van der Waals surface area contributed by atoms with Crippen LogP contribution in [0.15, 0.2) is 4.99 Å². The molecule has 4 N–H and O–H groups in total. The van der Waals surface area contributed by atoms with Gasteiger partial charge in [0, 0.05) is 34.9 Å². The van der Waals surface area contributed by atoms with Gasteiger partial charge in [-0.25, -0.2) is 5.84 Å². The zero-order chi connectivity index (χ0) is 13.4. The van der Waals surface area contributed by atoms with Crippen LogP contribution in [0.25, 0.3) is 0 Å². The molecule has 0 aromatic carbocycles. The molecule has 1 aliphatic rings. The van der Waals surface area contributed by atoms with Crippen molar-refractivity contribution in [1.29, 1.82) is 0 Å². The molecule has 0 amide bonds. The van der Waals surface area contributed by atoms with Crippen LogP contribution >= 0.6 is 0 Å². The minimum Gasteiger partial charge on any atom is -0.353 e. The van der Waals surface area contributed by atoms with Gasteiger partial charge < -0.3 is 5.32 Å². The lowest BCUT2D eigenvalue weighted by Gasteiger charge is -2.24. The number of hydrogen-bond donors (Lipinski definition) is 3. The van der Waals surface area contributed by atoms with E-state index in [4.69, 9.17) is 5.84 Å². The summed E-state index contributed by atoms with van der Waals surface area (Å²) >= 11 is 0. The normalized spacial score (nSPS) is 21.4. The average molecular weight is 274 g/mol. The summed E-state index contributed by atoms with van der Waals surface area (Å²) in [6.45, 7) is 2.63. The van der Waals surface area contributed by atoms with Gasteiger partial charge in [-0.1, -0.05) is 26.2 Å². The molecule has 2 unspecified atom stereocenters. The monoisotopic (exact) mass is 274 g/mol. The number of hydrazine groups is 1. The SMILES string of the molecule is CC(CCN=C(NN)NC1CCCCC1)S(C)=O. The first-order valence-electron chi connectivity index (χ1n) is 6.73. The molecule has 0 heterocycles. The summed E-state index contributed by atoms with van der Waals surface area (Å²) in [6.07, 6.45) is 8.83. The second kappa shape index (κ2) is 8.48. The number of hydrogen-bond acceptors (Lipinski definition) is 3. The van der Waals surface area contributed by atoms with Crippen LogP contribution in [0.3, 0.4) is 0 Å². The number of rotatable bonds is 5. The molecule has 0 aromatic heterocycles. The van der Waals surface area contributed by atoms with Gasteiger partial charge in [0.05, 0.1) is 0 Å². The average Bonchev–Trinajstić information content (AvgIpc) is 2.38. The summed E-state index contributed by atoms with van der Waals surface area (Å²) in [5.41, 5.74) is 2.62. The Morgan fingerprint density at radius 3 is 2.67 bits per heavy atom. The number of aliphatic imine (C=N–C) groups is 1. The van der Waals surface area contributed by atoms with Crippen molar-refractivity contribution in [3.05, 3.63) is 0 Å². The van der Waals surface area contributed by atoms with Crippen molar-refractivity contribution >= 4 is 16.8 Å². The Kier molecular flexibility index (Phi) is 7.27. The summed E-state index contributed by atoms with van der Waals surface area (Å²) in [7, 11) is -0.775. The molecule has 0 saturated heterocycles. The number of nitrogens with zero attached hydrogens (tertiary/aromatic N) is 1. The lowest BCUT2D eigenvalue weighted by atomic mass is 9.96. The Balaban J connectivity index is 2.32. The van der Waals surface area contributed by atoms with Crippen molar-refractivity contribution in [3.8, 4) is 0 Å². The van der Waals surface area contributed by atoms with Gasteiger partial charge in [0.2, 0.25) is 5.96 Å². The molecule has 0 radical (unpaired) electrons. The minimum absolute atomic E-state index is 0.183. The largest absolute Gasteiger partial charge is 0.353 e. The van der Waals surface area contributed by atoms with E-state index in [1.165, 1.54) is 32.1 Å². The van der Waals surface area contributed by atoms with E-state index in [2.05, 4.69) is 15.7 Å². The van der Waals surface area contributed by atoms with Crippen LogP contribution < -0.4 is 16.6 Å². The maximum Gasteiger partial charge on any atom is 0.205 e. The van der Waals surface area contributed by atoms with Crippen LogP contribution in [0.5, 0.6) is 0 Å². The second-order valence-electron chi connectivity index (χ2n) is 4.95. The highest BCUT2D eigenvalue weighted by Crippen LogP contribution is 2.17. The molecular formula is C12H26N4OS. The molecule has 106 valence electrons. The molecule has 18 heavy (non-hydrogen) atoms. The van der Waals surface area contributed by atoms with E-state index in [0.717, 1.165) is 6.42 Å². The molecule has 1 aliphatic carbocycles. The highest BCUT2D eigenvalue weighted by molar-refractivity contribution is 7.84. The first-order chi connectivity index (χ1) is 8.63. The summed E-state index contributed by atoms with van der Waals surface area (Å²) in [4.78, 5) is 4.39. The lowest BCUT2D eigenvalue weighted by molar-refractivity contribution is 0.410. The Bertz CT molecular complexity index is 290. The third-order valence-electron chi connectivity index (χ3n) is 3.45. The number of guanidine groups is 1. The fourth-order valence-corrected chi connectivity index (χ4v) is 2.53. The first kappa shape index (κ1) is 15.4. The van der Waals surface area contributed by atoms with E-state index in [1.807, 2.05) is 6.92 Å². The van der Waals surface area contributed by atoms with Crippen LogP contribution in [0.1, 0.15) is 45.4 Å². The topological polar surface area (TPSA) is 79.5 Å². The van der Waals surface area contributed by atoms with E-state index in [-0.39, 0.29) is 5.25 Å². The highest BCUT2D eigenvalue weighted by atomic mass is 32.2. The van der Waals surface area contributed by atoms with Gasteiger partial charge >= 0.3 is 0 Å². The first-order valence-corrected chi connectivity index (χ1v) is 8.35. The van der Waals surface area contributed by atoms with E-state index in [1.54, 1.807) is 6.26 Å². The minimum atomic E-state index is -0.775. The summed E-state index contributed by atoms with van der Waals surface area (Å²) in [5, 5.41) is 3.53. The third-order valence-corrected chi connectivity index (χ3v) is 4.82. The van der Waals surface area contributed by atoms with Crippen molar-refractivity contribution in [2.75, 3.05) is 12.8 Å². The molecule has 0 aromatic rings. The molecular weight excluding hydrogens is 248 g/mol. The molecule has 1 saturated carbocycles. The van der Waals surface area contributed by atoms with Gasteiger partial charge in [0.15, 0.2) is 0 Å². The van der Waals surface area contributed by atoms with Crippen molar-refractivity contribution in [1.82, 2.24) is 10.7 Å². The Labute approximate surface area is 112 Å². The second-order valence-corrected chi connectivity index (χ2v) is 6.75. The predicted molar refractivity (Wildman–Crippen MR) is 77.8 cm³/mol. The van der Waals surface area contributed by atoms with Crippen LogP contribution in [-0.4, -0.2) is 34.3 Å². The molecule has 0 aliphatic heterocycles. The van der Waals surface area contributed by atoms with Gasteiger partial charge in [-0.05, 0) is 19.3 Å². The van der Waals surface area contributed by atoms with Crippen molar-refractivity contribution < 1.29 is 4.21 Å². The molecule has 5 nitrogen and oxygen atoms in total.